The van der Waals surface area contributed by atoms with Crippen LogP contribution in [0.5, 0.6) is 0 Å². The van der Waals surface area contributed by atoms with E-state index in [-0.39, 0.29) is 23.7 Å². The summed E-state index contributed by atoms with van der Waals surface area (Å²) < 4.78 is 4.85. The van der Waals surface area contributed by atoms with Crippen molar-refractivity contribution in [3.8, 4) is 0 Å². The van der Waals surface area contributed by atoms with Crippen molar-refractivity contribution in [2.45, 2.75) is 47.1 Å². The maximum atomic E-state index is 13.3. The summed E-state index contributed by atoms with van der Waals surface area (Å²) in [6.45, 7) is 13.5. The number of hydrogen-bond donors (Lipinski definition) is 1. The number of carbonyl (C=O) groups is 2. The number of benzene rings is 1. The van der Waals surface area contributed by atoms with Crippen LogP contribution in [0.2, 0.25) is 0 Å². The van der Waals surface area contributed by atoms with Crippen LogP contribution in [0.25, 0.3) is 16.5 Å². The Bertz CT molecular complexity index is 936. The largest absolute Gasteiger partial charge is 0.469 e. The second-order valence-electron chi connectivity index (χ2n) is 8.94. The summed E-state index contributed by atoms with van der Waals surface area (Å²) in [6, 6.07) is 2.09. The number of rotatable bonds is 4. The van der Waals surface area contributed by atoms with Gasteiger partial charge in [0.15, 0.2) is 0 Å². The number of hydrogen-bond acceptors (Lipinski definition) is 4. The Morgan fingerprint density at radius 1 is 1.43 bits per heavy atom. The Labute approximate surface area is 165 Å². The third kappa shape index (κ3) is 3.96. The van der Waals surface area contributed by atoms with Gasteiger partial charge in [-0.3, -0.25) is 14.7 Å². The van der Waals surface area contributed by atoms with Crippen molar-refractivity contribution in [1.29, 1.82) is 0 Å². The molecular formula is C22H29N3O3. The maximum Gasteiger partial charge on any atom is 0.306 e. The van der Waals surface area contributed by atoms with Crippen LogP contribution in [0.15, 0.2) is 18.8 Å². The van der Waals surface area contributed by atoms with Gasteiger partial charge in [0.25, 0.3) is 0 Å². The quantitative estimate of drug-likeness (QED) is 0.817. The van der Waals surface area contributed by atoms with E-state index in [0.717, 1.165) is 33.2 Å². The van der Waals surface area contributed by atoms with Crippen LogP contribution in [0.4, 0.5) is 0 Å². The lowest BCUT2D eigenvalue weighted by atomic mass is 9.90. The molecule has 1 atom stereocenters. The SMILES string of the molecule is C=C(C)c1cc2c(c3cn[nH]c13)CN(CC(C)(C)C)C(=O)C(CC(=O)OC)C2. The highest BCUT2D eigenvalue weighted by Gasteiger charge is 2.34. The molecule has 6 nitrogen and oxygen atoms in total. The molecule has 0 saturated carbocycles. The molecule has 0 aliphatic carbocycles. The van der Waals surface area contributed by atoms with Gasteiger partial charge in [-0.25, -0.2) is 0 Å². The second kappa shape index (κ2) is 7.41. The van der Waals surface area contributed by atoms with Crippen LogP contribution in [-0.4, -0.2) is 40.6 Å². The van der Waals surface area contributed by atoms with Crippen LogP contribution in [0.1, 0.15) is 50.8 Å². The Kier molecular flexibility index (Phi) is 5.33. The van der Waals surface area contributed by atoms with E-state index in [2.05, 4.69) is 43.6 Å². The van der Waals surface area contributed by atoms with Crippen LogP contribution < -0.4 is 0 Å². The molecule has 1 aliphatic heterocycles. The lowest BCUT2D eigenvalue weighted by Crippen LogP contribution is -2.40. The first-order valence-corrected chi connectivity index (χ1v) is 9.60. The highest BCUT2D eigenvalue weighted by Crippen LogP contribution is 2.35. The molecule has 0 spiro atoms. The number of H-pyrrole nitrogens is 1. The molecule has 2 aromatic rings. The highest BCUT2D eigenvalue weighted by atomic mass is 16.5. The Balaban J connectivity index is 2.14. The summed E-state index contributed by atoms with van der Waals surface area (Å²) in [5.41, 5.74) is 5.00. The molecule has 1 aromatic heterocycles. The van der Waals surface area contributed by atoms with E-state index in [4.69, 9.17) is 4.74 Å². The molecule has 6 heteroatoms. The predicted molar refractivity (Wildman–Crippen MR) is 110 cm³/mol. The molecule has 1 amide bonds. The highest BCUT2D eigenvalue weighted by molar-refractivity contribution is 5.94. The van der Waals surface area contributed by atoms with Gasteiger partial charge >= 0.3 is 5.97 Å². The second-order valence-corrected chi connectivity index (χ2v) is 8.94. The van der Waals surface area contributed by atoms with Crippen LogP contribution in [0.3, 0.4) is 0 Å². The minimum Gasteiger partial charge on any atom is -0.469 e. The molecule has 2 heterocycles. The fourth-order valence-electron chi connectivity index (χ4n) is 3.96. The third-order valence-corrected chi connectivity index (χ3v) is 5.18. The summed E-state index contributed by atoms with van der Waals surface area (Å²) >= 11 is 0. The van der Waals surface area contributed by atoms with Crippen LogP contribution >= 0.6 is 0 Å². The van der Waals surface area contributed by atoms with Crippen LogP contribution in [0, 0.1) is 11.3 Å². The number of fused-ring (bicyclic) bond motifs is 3. The number of aromatic amines is 1. The molecule has 0 saturated heterocycles. The number of methoxy groups -OCH3 is 1. The zero-order chi connectivity index (χ0) is 20.6. The first kappa shape index (κ1) is 20.1. The Morgan fingerprint density at radius 3 is 2.75 bits per heavy atom. The molecule has 28 heavy (non-hydrogen) atoms. The van der Waals surface area contributed by atoms with Gasteiger partial charge in [-0.05, 0) is 41.5 Å². The first-order valence-electron chi connectivity index (χ1n) is 9.60. The van der Waals surface area contributed by atoms with Gasteiger partial charge in [0, 0.05) is 24.0 Å². The van der Waals surface area contributed by atoms with Crippen molar-refractivity contribution in [3.05, 3.63) is 35.5 Å². The van der Waals surface area contributed by atoms with Crippen LogP contribution in [-0.2, 0) is 27.3 Å². The average Bonchev–Trinajstić information content (AvgIpc) is 3.05. The molecule has 3 rings (SSSR count). The molecule has 0 fully saturated rings. The molecular weight excluding hydrogens is 354 g/mol. The predicted octanol–water partition coefficient (Wildman–Crippen LogP) is 3.71. The summed E-state index contributed by atoms with van der Waals surface area (Å²) in [5.74, 6) is -0.787. The van der Waals surface area contributed by atoms with E-state index in [9.17, 15) is 9.59 Å². The van der Waals surface area contributed by atoms with E-state index in [0.29, 0.717) is 19.5 Å². The normalized spacial score (nSPS) is 17.4. The smallest absolute Gasteiger partial charge is 0.306 e. The molecule has 150 valence electrons. The third-order valence-electron chi connectivity index (χ3n) is 5.18. The molecule has 0 bridgehead atoms. The number of nitrogens with one attached hydrogen (secondary N) is 1. The van der Waals surface area contributed by atoms with Crippen molar-refractivity contribution in [2.24, 2.45) is 11.3 Å². The lowest BCUT2D eigenvalue weighted by Gasteiger charge is -2.31. The van der Waals surface area contributed by atoms with Gasteiger partial charge in [0.05, 0.1) is 31.2 Å². The number of carbonyl (C=O) groups excluding carboxylic acids is 2. The summed E-state index contributed by atoms with van der Waals surface area (Å²) in [5, 5.41) is 8.33. The standard InChI is InChI=1S/C22H29N3O3/c1-13(2)16-8-14-7-15(9-19(26)28-6)21(27)25(12-22(3,4)5)11-18(14)17-10-23-24-20(16)17/h8,10,15H,1,7,9,11-12H2,2-6H3,(H,23,24). The van der Waals surface area contributed by atoms with Gasteiger partial charge in [-0.15, -0.1) is 0 Å². The first-order chi connectivity index (χ1) is 13.1. The van der Waals surface area contributed by atoms with E-state index >= 15 is 0 Å². The molecule has 1 aromatic carbocycles. The van der Waals surface area contributed by atoms with Gasteiger partial charge in [-0.1, -0.05) is 27.4 Å². The Hall–Kier alpha value is -2.63. The van der Waals surface area contributed by atoms with Crippen molar-refractivity contribution < 1.29 is 14.3 Å². The van der Waals surface area contributed by atoms with Crippen molar-refractivity contribution in [1.82, 2.24) is 15.1 Å². The monoisotopic (exact) mass is 383 g/mol. The lowest BCUT2D eigenvalue weighted by molar-refractivity contribution is -0.147. The topological polar surface area (TPSA) is 75.3 Å². The minimum absolute atomic E-state index is 0.00467. The molecule has 1 aliphatic rings. The Morgan fingerprint density at radius 2 is 2.14 bits per heavy atom. The number of amides is 1. The molecule has 1 unspecified atom stereocenters. The number of nitrogens with zero attached hydrogens (tertiary/aromatic N) is 2. The van der Waals surface area contributed by atoms with Gasteiger partial charge in [0.2, 0.25) is 5.91 Å². The zero-order valence-electron chi connectivity index (χ0n) is 17.4. The van der Waals surface area contributed by atoms with Crippen molar-refractivity contribution >= 4 is 28.4 Å². The fourth-order valence-corrected chi connectivity index (χ4v) is 3.96. The van der Waals surface area contributed by atoms with E-state index in [1.54, 1.807) is 0 Å². The molecule has 0 radical (unpaired) electrons. The zero-order valence-corrected chi connectivity index (χ0v) is 17.4. The molecule has 1 N–H and O–H groups in total. The van der Waals surface area contributed by atoms with Crippen molar-refractivity contribution in [2.75, 3.05) is 13.7 Å². The summed E-state index contributed by atoms with van der Waals surface area (Å²) in [7, 11) is 1.36. The van der Waals surface area contributed by atoms with E-state index in [1.807, 2.05) is 18.0 Å². The van der Waals surface area contributed by atoms with Gasteiger partial charge in [0.1, 0.15) is 0 Å². The summed E-state index contributed by atoms with van der Waals surface area (Å²) in [6.07, 6.45) is 2.41. The van der Waals surface area contributed by atoms with Crippen molar-refractivity contribution in [3.63, 3.8) is 0 Å². The average molecular weight is 383 g/mol. The minimum atomic E-state index is -0.432. The summed E-state index contributed by atoms with van der Waals surface area (Å²) in [4.78, 5) is 27.2. The maximum absolute atomic E-state index is 13.3. The number of ether oxygens (including phenoxy) is 1. The van der Waals surface area contributed by atoms with Gasteiger partial charge in [-0.2, -0.15) is 5.10 Å². The number of allylic oxidation sites excluding steroid dienone is 1. The number of esters is 1. The fraction of sp³-hybridized carbons (Fsp3) is 0.500. The number of aromatic nitrogens is 2. The van der Waals surface area contributed by atoms with E-state index in [1.165, 1.54) is 7.11 Å². The van der Waals surface area contributed by atoms with E-state index < -0.39 is 5.92 Å². The van der Waals surface area contributed by atoms with Gasteiger partial charge < -0.3 is 9.64 Å².